The first-order valence-electron chi connectivity index (χ1n) is 4.71. The first kappa shape index (κ1) is 8.72. The Bertz CT molecular complexity index is 284. The maximum Gasteiger partial charge on any atom is 0.0949 e. The Morgan fingerprint density at radius 2 is 2.54 bits per heavy atom. The molecule has 72 valence electrons. The topological polar surface area (TPSA) is 50.1 Å². The lowest BCUT2D eigenvalue weighted by Crippen LogP contribution is -2.16. The standard InChI is InChI=1S/C9H15N3O/c1-2-12-5-8(11-6-12)7-3-10-4-9(7)13/h5-7,9-10,13H,2-4H2,1H3/t7-,9+/m0/s1. The van der Waals surface area contributed by atoms with Crippen molar-refractivity contribution >= 4 is 0 Å². The number of hydrogen-bond donors (Lipinski definition) is 2. The minimum atomic E-state index is -0.278. The van der Waals surface area contributed by atoms with Crippen molar-refractivity contribution in [2.45, 2.75) is 25.5 Å². The number of nitrogens with zero attached hydrogens (tertiary/aromatic N) is 2. The van der Waals surface area contributed by atoms with E-state index in [9.17, 15) is 5.11 Å². The van der Waals surface area contributed by atoms with Gasteiger partial charge in [0.15, 0.2) is 0 Å². The van der Waals surface area contributed by atoms with E-state index < -0.39 is 0 Å². The molecule has 0 aliphatic carbocycles. The zero-order valence-electron chi connectivity index (χ0n) is 7.77. The van der Waals surface area contributed by atoms with Gasteiger partial charge in [-0.25, -0.2) is 4.98 Å². The lowest BCUT2D eigenvalue weighted by atomic mass is 10.0. The third-order valence-corrected chi connectivity index (χ3v) is 2.58. The third-order valence-electron chi connectivity index (χ3n) is 2.58. The zero-order valence-corrected chi connectivity index (χ0v) is 7.77. The van der Waals surface area contributed by atoms with Crippen LogP contribution >= 0.6 is 0 Å². The van der Waals surface area contributed by atoms with Gasteiger partial charge in [0.2, 0.25) is 0 Å². The molecular weight excluding hydrogens is 166 g/mol. The molecule has 4 heteroatoms. The van der Waals surface area contributed by atoms with Crippen LogP contribution in [0.2, 0.25) is 0 Å². The first-order chi connectivity index (χ1) is 6.31. The van der Waals surface area contributed by atoms with Crippen LogP contribution in [-0.2, 0) is 6.54 Å². The van der Waals surface area contributed by atoms with Crippen LogP contribution in [0.5, 0.6) is 0 Å². The van der Waals surface area contributed by atoms with Gasteiger partial charge in [0.25, 0.3) is 0 Å². The van der Waals surface area contributed by atoms with Gasteiger partial charge >= 0.3 is 0 Å². The van der Waals surface area contributed by atoms with Gasteiger partial charge in [0, 0.05) is 31.7 Å². The fourth-order valence-corrected chi connectivity index (χ4v) is 1.71. The van der Waals surface area contributed by atoms with Gasteiger partial charge < -0.3 is 15.0 Å². The summed E-state index contributed by atoms with van der Waals surface area (Å²) >= 11 is 0. The van der Waals surface area contributed by atoms with Crippen LogP contribution in [0.25, 0.3) is 0 Å². The van der Waals surface area contributed by atoms with Gasteiger partial charge in [0.05, 0.1) is 18.1 Å². The molecule has 13 heavy (non-hydrogen) atoms. The summed E-state index contributed by atoms with van der Waals surface area (Å²) in [5.41, 5.74) is 0.999. The molecular formula is C9H15N3O. The van der Waals surface area contributed by atoms with Crippen molar-refractivity contribution in [1.82, 2.24) is 14.9 Å². The number of aryl methyl sites for hydroxylation is 1. The highest BCUT2D eigenvalue weighted by Gasteiger charge is 2.27. The van der Waals surface area contributed by atoms with Crippen LogP contribution in [0.4, 0.5) is 0 Å². The van der Waals surface area contributed by atoms with E-state index >= 15 is 0 Å². The molecule has 1 aliphatic heterocycles. The molecule has 0 bridgehead atoms. The monoisotopic (exact) mass is 181 g/mol. The molecule has 2 N–H and O–H groups in total. The molecule has 4 nitrogen and oxygen atoms in total. The number of aliphatic hydroxyl groups is 1. The highest BCUT2D eigenvalue weighted by atomic mass is 16.3. The SMILES string of the molecule is CCn1cnc([C@@H]2CNC[C@H]2O)c1. The van der Waals surface area contributed by atoms with Crippen LogP contribution in [0.1, 0.15) is 18.5 Å². The summed E-state index contributed by atoms with van der Waals surface area (Å²) in [6.45, 7) is 4.53. The van der Waals surface area contributed by atoms with E-state index in [1.165, 1.54) is 0 Å². The number of β-amino-alcohol motifs (C(OH)–C–C–N with tert-alkyl or cyclic N) is 1. The number of hydrogen-bond acceptors (Lipinski definition) is 3. The van der Waals surface area contributed by atoms with E-state index in [0.717, 1.165) is 18.8 Å². The van der Waals surface area contributed by atoms with Gasteiger partial charge in [0.1, 0.15) is 0 Å². The molecule has 0 unspecified atom stereocenters. The summed E-state index contributed by atoms with van der Waals surface area (Å²) in [6.07, 6.45) is 3.56. The van der Waals surface area contributed by atoms with E-state index in [1.807, 2.05) is 17.1 Å². The smallest absolute Gasteiger partial charge is 0.0949 e. The molecule has 0 aromatic carbocycles. The summed E-state index contributed by atoms with van der Waals surface area (Å²) in [7, 11) is 0. The minimum absolute atomic E-state index is 0.174. The van der Waals surface area contributed by atoms with Gasteiger partial charge in [-0.2, -0.15) is 0 Å². The average Bonchev–Trinajstić information content (AvgIpc) is 2.71. The van der Waals surface area contributed by atoms with Crippen molar-refractivity contribution < 1.29 is 5.11 Å². The highest BCUT2D eigenvalue weighted by Crippen LogP contribution is 2.20. The number of aliphatic hydroxyl groups excluding tert-OH is 1. The molecule has 1 saturated heterocycles. The van der Waals surface area contributed by atoms with Crippen LogP contribution in [0.15, 0.2) is 12.5 Å². The number of imidazole rings is 1. The van der Waals surface area contributed by atoms with Gasteiger partial charge in [-0.15, -0.1) is 0 Å². The Morgan fingerprint density at radius 3 is 3.08 bits per heavy atom. The Hall–Kier alpha value is -0.870. The maximum absolute atomic E-state index is 9.61. The van der Waals surface area contributed by atoms with Crippen molar-refractivity contribution in [2.24, 2.45) is 0 Å². The molecule has 0 radical (unpaired) electrons. The Kier molecular flexibility index (Phi) is 2.33. The van der Waals surface area contributed by atoms with Gasteiger partial charge in [-0.05, 0) is 6.92 Å². The molecule has 2 rings (SSSR count). The van der Waals surface area contributed by atoms with Gasteiger partial charge in [-0.3, -0.25) is 0 Å². The lowest BCUT2D eigenvalue weighted by Gasteiger charge is -2.09. The van der Waals surface area contributed by atoms with E-state index in [2.05, 4.69) is 17.2 Å². The minimum Gasteiger partial charge on any atom is -0.391 e. The largest absolute Gasteiger partial charge is 0.391 e. The third kappa shape index (κ3) is 1.59. The summed E-state index contributed by atoms with van der Waals surface area (Å²) in [4.78, 5) is 4.28. The Labute approximate surface area is 77.6 Å². The molecule has 0 saturated carbocycles. The number of aromatic nitrogens is 2. The van der Waals surface area contributed by atoms with E-state index in [1.54, 1.807) is 0 Å². The van der Waals surface area contributed by atoms with Crippen LogP contribution in [0.3, 0.4) is 0 Å². The van der Waals surface area contributed by atoms with Crippen molar-refractivity contribution in [3.8, 4) is 0 Å². The molecule has 1 aliphatic rings. The quantitative estimate of drug-likeness (QED) is 0.672. The molecule has 1 aromatic rings. The van der Waals surface area contributed by atoms with Crippen LogP contribution in [-0.4, -0.2) is 33.9 Å². The maximum atomic E-state index is 9.61. The number of nitrogens with one attached hydrogen (secondary N) is 1. The second-order valence-corrected chi connectivity index (χ2v) is 3.46. The summed E-state index contributed by atoms with van der Waals surface area (Å²) in [5, 5.41) is 12.8. The summed E-state index contributed by atoms with van der Waals surface area (Å²) in [6, 6.07) is 0. The van der Waals surface area contributed by atoms with E-state index in [-0.39, 0.29) is 12.0 Å². The summed E-state index contributed by atoms with van der Waals surface area (Å²) < 4.78 is 2.03. The molecule has 2 atom stereocenters. The van der Waals surface area contributed by atoms with Crippen molar-refractivity contribution in [3.63, 3.8) is 0 Å². The number of rotatable bonds is 2. The predicted octanol–water partition coefficient (Wildman–Crippen LogP) is -0.0493. The zero-order chi connectivity index (χ0) is 9.26. The Balaban J connectivity index is 2.15. The lowest BCUT2D eigenvalue weighted by molar-refractivity contribution is 0.176. The molecule has 1 fully saturated rings. The normalized spacial score (nSPS) is 28.2. The molecule has 0 amide bonds. The predicted molar refractivity (Wildman–Crippen MR) is 49.5 cm³/mol. The fraction of sp³-hybridized carbons (Fsp3) is 0.667. The van der Waals surface area contributed by atoms with Crippen molar-refractivity contribution in [3.05, 3.63) is 18.2 Å². The molecule has 1 aromatic heterocycles. The van der Waals surface area contributed by atoms with Crippen LogP contribution in [0, 0.1) is 0 Å². The fourth-order valence-electron chi connectivity index (χ4n) is 1.71. The van der Waals surface area contributed by atoms with Crippen molar-refractivity contribution in [1.29, 1.82) is 0 Å². The van der Waals surface area contributed by atoms with Crippen LogP contribution < -0.4 is 5.32 Å². The second kappa shape index (κ2) is 3.47. The highest BCUT2D eigenvalue weighted by molar-refractivity contribution is 5.10. The molecule has 2 heterocycles. The second-order valence-electron chi connectivity index (χ2n) is 3.46. The molecule has 0 spiro atoms. The summed E-state index contributed by atoms with van der Waals surface area (Å²) in [5.74, 6) is 0.174. The van der Waals surface area contributed by atoms with Gasteiger partial charge in [-0.1, -0.05) is 0 Å². The average molecular weight is 181 g/mol. The Morgan fingerprint density at radius 1 is 1.69 bits per heavy atom. The van der Waals surface area contributed by atoms with Crippen molar-refractivity contribution in [2.75, 3.05) is 13.1 Å². The first-order valence-corrected chi connectivity index (χ1v) is 4.71. The van der Waals surface area contributed by atoms with E-state index in [4.69, 9.17) is 0 Å². The van der Waals surface area contributed by atoms with E-state index in [0.29, 0.717) is 6.54 Å².